The molecule has 0 atom stereocenters. The van der Waals surface area contributed by atoms with Gasteiger partial charge in [-0.15, -0.1) is 24.0 Å². The highest BCUT2D eigenvalue weighted by Gasteiger charge is 2.26. The van der Waals surface area contributed by atoms with Gasteiger partial charge in [0.15, 0.2) is 5.96 Å². The number of nitrogens with one attached hydrogen (secondary N) is 2. The van der Waals surface area contributed by atoms with Gasteiger partial charge in [-0.25, -0.2) is 9.79 Å². The Morgan fingerprint density at radius 3 is 2.39 bits per heavy atom. The molecular formula is C21H35IN4O2. The number of guanidine groups is 1. The van der Waals surface area contributed by atoms with Gasteiger partial charge in [-0.3, -0.25) is 0 Å². The van der Waals surface area contributed by atoms with E-state index in [1.54, 1.807) is 0 Å². The number of ether oxygens (including phenoxy) is 1. The van der Waals surface area contributed by atoms with Gasteiger partial charge in [-0.2, -0.15) is 0 Å². The van der Waals surface area contributed by atoms with Crippen molar-refractivity contribution >= 4 is 36.0 Å². The van der Waals surface area contributed by atoms with E-state index >= 15 is 0 Å². The lowest BCUT2D eigenvalue weighted by Gasteiger charge is -2.33. The monoisotopic (exact) mass is 502 g/mol. The molecule has 28 heavy (non-hydrogen) atoms. The quantitative estimate of drug-likeness (QED) is 0.363. The molecule has 0 bridgehead atoms. The predicted molar refractivity (Wildman–Crippen MR) is 125 cm³/mol. The standard InChI is InChI=1S/C21H34N4O2.HI/c1-5-22-19(23-15-17-9-7-6-8-10-17)24-16-18-11-13-25(14-12-18)20(26)27-21(2,3)4;/h6-10,18H,5,11-16H2,1-4H3,(H2,22,23,24);1H. The van der Waals surface area contributed by atoms with Crippen molar-refractivity contribution in [3.05, 3.63) is 35.9 Å². The second-order valence-electron chi connectivity index (χ2n) is 7.97. The molecule has 1 aliphatic rings. The number of amides is 1. The van der Waals surface area contributed by atoms with Gasteiger partial charge < -0.3 is 20.3 Å². The number of piperidine rings is 1. The highest BCUT2D eigenvalue weighted by molar-refractivity contribution is 14.0. The molecule has 0 aromatic heterocycles. The molecule has 2 rings (SSSR count). The van der Waals surface area contributed by atoms with E-state index in [2.05, 4.69) is 34.7 Å². The summed E-state index contributed by atoms with van der Waals surface area (Å²) in [7, 11) is 0. The molecule has 1 aromatic carbocycles. The summed E-state index contributed by atoms with van der Waals surface area (Å²) in [6.07, 6.45) is 1.75. The van der Waals surface area contributed by atoms with Gasteiger partial charge >= 0.3 is 6.09 Å². The molecule has 0 aliphatic carbocycles. The first kappa shape index (κ1) is 24.5. The molecule has 1 aromatic rings. The van der Waals surface area contributed by atoms with Crippen LogP contribution in [0.15, 0.2) is 35.3 Å². The third-order valence-electron chi connectivity index (χ3n) is 4.43. The molecule has 1 aliphatic heterocycles. The van der Waals surface area contributed by atoms with Crippen LogP contribution in [0.25, 0.3) is 0 Å². The number of carbonyl (C=O) groups excluding carboxylic acids is 1. The van der Waals surface area contributed by atoms with Gasteiger partial charge in [0, 0.05) is 26.2 Å². The predicted octanol–water partition coefficient (Wildman–Crippen LogP) is 4.01. The molecule has 0 unspecified atom stereocenters. The van der Waals surface area contributed by atoms with Crippen molar-refractivity contribution in [3.63, 3.8) is 0 Å². The molecule has 1 heterocycles. The van der Waals surface area contributed by atoms with E-state index in [0.29, 0.717) is 12.5 Å². The Balaban J connectivity index is 0.00000392. The van der Waals surface area contributed by atoms with Crippen LogP contribution in [0.2, 0.25) is 0 Å². The van der Waals surface area contributed by atoms with E-state index in [-0.39, 0.29) is 30.1 Å². The summed E-state index contributed by atoms with van der Waals surface area (Å²) in [6, 6.07) is 10.2. The van der Waals surface area contributed by atoms with E-state index in [1.165, 1.54) is 5.56 Å². The lowest BCUT2D eigenvalue weighted by Crippen LogP contribution is -2.45. The number of carbonyl (C=O) groups is 1. The Morgan fingerprint density at radius 2 is 1.82 bits per heavy atom. The lowest BCUT2D eigenvalue weighted by atomic mass is 9.97. The molecule has 7 heteroatoms. The number of aliphatic imine (C=N–C) groups is 1. The van der Waals surface area contributed by atoms with Crippen molar-refractivity contribution in [2.45, 2.75) is 52.7 Å². The van der Waals surface area contributed by atoms with Crippen LogP contribution < -0.4 is 10.6 Å². The Hall–Kier alpha value is -1.51. The Bertz CT molecular complexity index is 609. The molecular weight excluding hydrogens is 467 g/mol. The van der Waals surface area contributed by atoms with Crippen LogP contribution in [0.1, 0.15) is 46.1 Å². The number of nitrogens with zero attached hydrogens (tertiary/aromatic N) is 2. The summed E-state index contributed by atoms with van der Waals surface area (Å²) in [5.41, 5.74) is 0.756. The van der Waals surface area contributed by atoms with Crippen LogP contribution in [0.5, 0.6) is 0 Å². The number of benzene rings is 1. The van der Waals surface area contributed by atoms with Crippen molar-refractivity contribution in [2.24, 2.45) is 10.9 Å². The summed E-state index contributed by atoms with van der Waals surface area (Å²) < 4.78 is 5.46. The fraction of sp³-hybridized carbons (Fsp3) is 0.619. The molecule has 6 nitrogen and oxygen atoms in total. The average molecular weight is 502 g/mol. The normalized spacial score (nSPS) is 15.6. The highest BCUT2D eigenvalue weighted by Crippen LogP contribution is 2.19. The molecule has 158 valence electrons. The van der Waals surface area contributed by atoms with E-state index in [0.717, 1.165) is 45.0 Å². The zero-order chi connectivity index (χ0) is 19.7. The van der Waals surface area contributed by atoms with Crippen LogP contribution in [0, 0.1) is 5.92 Å². The zero-order valence-corrected chi connectivity index (χ0v) is 19.9. The summed E-state index contributed by atoms with van der Waals surface area (Å²) >= 11 is 0. The first-order valence-corrected chi connectivity index (χ1v) is 9.91. The average Bonchev–Trinajstić information content (AvgIpc) is 2.64. The van der Waals surface area contributed by atoms with Gasteiger partial charge in [-0.05, 0) is 52.0 Å². The second-order valence-corrected chi connectivity index (χ2v) is 7.97. The second kappa shape index (κ2) is 12.1. The number of halogens is 1. The minimum atomic E-state index is -0.439. The number of hydrogen-bond acceptors (Lipinski definition) is 3. The van der Waals surface area contributed by atoms with Crippen molar-refractivity contribution in [1.82, 2.24) is 15.5 Å². The smallest absolute Gasteiger partial charge is 0.410 e. The Morgan fingerprint density at radius 1 is 1.18 bits per heavy atom. The Labute approximate surface area is 186 Å². The maximum Gasteiger partial charge on any atom is 0.410 e. The SMILES string of the molecule is CCNC(=NCc1ccccc1)NCC1CCN(C(=O)OC(C)(C)C)CC1.I. The summed E-state index contributed by atoms with van der Waals surface area (Å²) in [5, 5.41) is 6.75. The summed E-state index contributed by atoms with van der Waals surface area (Å²) in [5.74, 6) is 1.38. The molecule has 1 amide bonds. The molecule has 0 spiro atoms. The fourth-order valence-corrected chi connectivity index (χ4v) is 2.98. The number of rotatable bonds is 5. The molecule has 1 fully saturated rings. The minimum absolute atomic E-state index is 0. The third-order valence-corrected chi connectivity index (χ3v) is 4.43. The Kier molecular flexibility index (Phi) is 10.6. The van der Waals surface area contributed by atoms with E-state index in [4.69, 9.17) is 4.74 Å². The van der Waals surface area contributed by atoms with E-state index < -0.39 is 5.60 Å². The van der Waals surface area contributed by atoms with Crippen molar-refractivity contribution < 1.29 is 9.53 Å². The van der Waals surface area contributed by atoms with Gasteiger partial charge in [0.2, 0.25) is 0 Å². The maximum absolute atomic E-state index is 12.2. The van der Waals surface area contributed by atoms with Crippen molar-refractivity contribution in [3.8, 4) is 0 Å². The molecule has 0 saturated carbocycles. The largest absolute Gasteiger partial charge is 0.444 e. The van der Waals surface area contributed by atoms with E-state index in [9.17, 15) is 4.79 Å². The summed E-state index contributed by atoms with van der Waals surface area (Å²) in [6.45, 7) is 11.6. The van der Waals surface area contributed by atoms with Crippen LogP contribution in [0.4, 0.5) is 4.79 Å². The lowest BCUT2D eigenvalue weighted by molar-refractivity contribution is 0.0185. The number of likely N-dealkylation sites (tertiary alicyclic amines) is 1. The molecule has 2 N–H and O–H groups in total. The zero-order valence-electron chi connectivity index (χ0n) is 17.5. The van der Waals surface area contributed by atoms with E-state index in [1.807, 2.05) is 43.9 Å². The first-order chi connectivity index (χ1) is 12.9. The maximum atomic E-state index is 12.2. The highest BCUT2D eigenvalue weighted by atomic mass is 127. The fourth-order valence-electron chi connectivity index (χ4n) is 2.98. The third kappa shape index (κ3) is 9.12. The first-order valence-electron chi connectivity index (χ1n) is 9.91. The van der Waals surface area contributed by atoms with Gasteiger partial charge in [0.25, 0.3) is 0 Å². The topological polar surface area (TPSA) is 66.0 Å². The molecule has 0 radical (unpaired) electrons. The van der Waals surface area contributed by atoms with Crippen LogP contribution in [-0.4, -0.2) is 48.7 Å². The van der Waals surface area contributed by atoms with Crippen LogP contribution in [0.3, 0.4) is 0 Å². The van der Waals surface area contributed by atoms with Gasteiger partial charge in [0.05, 0.1) is 6.54 Å². The van der Waals surface area contributed by atoms with Crippen LogP contribution in [-0.2, 0) is 11.3 Å². The van der Waals surface area contributed by atoms with Crippen molar-refractivity contribution in [2.75, 3.05) is 26.2 Å². The molecule has 1 saturated heterocycles. The number of hydrogen-bond donors (Lipinski definition) is 2. The summed E-state index contributed by atoms with van der Waals surface area (Å²) in [4.78, 5) is 18.6. The van der Waals surface area contributed by atoms with Gasteiger partial charge in [0.1, 0.15) is 5.60 Å². The van der Waals surface area contributed by atoms with Gasteiger partial charge in [-0.1, -0.05) is 30.3 Å². The van der Waals surface area contributed by atoms with Crippen LogP contribution >= 0.6 is 24.0 Å². The minimum Gasteiger partial charge on any atom is -0.444 e. The van der Waals surface area contributed by atoms with Crippen molar-refractivity contribution in [1.29, 1.82) is 0 Å².